The molecule has 0 bridgehead atoms. The Morgan fingerprint density at radius 1 is 1.29 bits per heavy atom. The van der Waals surface area contributed by atoms with E-state index in [2.05, 4.69) is 15.9 Å². The molecule has 0 aromatic heterocycles. The molecule has 0 aliphatic carbocycles. The summed E-state index contributed by atoms with van der Waals surface area (Å²) < 4.78 is 33.7. The van der Waals surface area contributed by atoms with Crippen molar-refractivity contribution in [3.8, 4) is 5.75 Å². The number of sulfonamides is 1. The van der Waals surface area contributed by atoms with Gasteiger partial charge >= 0.3 is 5.97 Å². The van der Waals surface area contributed by atoms with Crippen LogP contribution in [-0.4, -0.2) is 48.7 Å². The van der Waals surface area contributed by atoms with Crippen LogP contribution in [0.15, 0.2) is 50.7 Å². The molecule has 10 heteroatoms. The number of carboxylic acids is 1. The van der Waals surface area contributed by atoms with E-state index in [9.17, 15) is 13.2 Å². The topological polar surface area (TPSA) is 83.9 Å². The first-order chi connectivity index (χ1) is 14.5. The van der Waals surface area contributed by atoms with Crippen LogP contribution in [0.3, 0.4) is 0 Å². The lowest BCUT2D eigenvalue weighted by Gasteiger charge is -2.25. The van der Waals surface area contributed by atoms with E-state index in [1.54, 1.807) is 30.0 Å². The van der Waals surface area contributed by atoms with E-state index in [0.29, 0.717) is 34.8 Å². The third-order valence-corrected chi connectivity index (χ3v) is 8.47. The van der Waals surface area contributed by atoms with Gasteiger partial charge in [0, 0.05) is 27.7 Å². The maximum absolute atomic E-state index is 13.2. The van der Waals surface area contributed by atoms with E-state index >= 15 is 0 Å². The lowest BCUT2D eigenvalue weighted by Crippen LogP contribution is -2.36. The molecular formula is C21H25BrClNO5S2. The Balaban J connectivity index is 2.13. The number of rotatable bonds is 11. The fourth-order valence-electron chi connectivity index (χ4n) is 2.90. The van der Waals surface area contributed by atoms with Gasteiger partial charge in [-0.2, -0.15) is 4.31 Å². The molecule has 0 heterocycles. The third kappa shape index (κ3) is 7.39. The normalized spacial score (nSPS) is 12.7. The number of ether oxygens (including phenoxy) is 1. The average molecular weight is 551 g/mol. The Bertz CT molecular complexity index is 1030. The lowest BCUT2D eigenvalue weighted by molar-refractivity contribution is -0.139. The highest BCUT2D eigenvalue weighted by Gasteiger charge is 2.26. The minimum Gasteiger partial charge on any atom is -0.482 e. The number of aryl methyl sites for hydroxylation is 1. The molecule has 2 aromatic carbocycles. The van der Waals surface area contributed by atoms with Crippen molar-refractivity contribution < 1.29 is 23.1 Å². The summed E-state index contributed by atoms with van der Waals surface area (Å²) in [5, 5.41) is 9.08. The summed E-state index contributed by atoms with van der Waals surface area (Å²) in [6, 6.07) is 10.1. The Morgan fingerprint density at radius 3 is 2.58 bits per heavy atom. The summed E-state index contributed by atoms with van der Waals surface area (Å²) in [6.45, 7) is 6.10. The number of benzene rings is 2. The van der Waals surface area contributed by atoms with Crippen molar-refractivity contribution in [1.29, 1.82) is 0 Å². The Kier molecular flexibility index (Phi) is 9.69. The summed E-state index contributed by atoms with van der Waals surface area (Å²) in [7, 11) is -3.68. The molecule has 0 saturated carbocycles. The molecule has 2 aromatic rings. The van der Waals surface area contributed by atoms with E-state index in [1.165, 1.54) is 10.4 Å². The zero-order valence-electron chi connectivity index (χ0n) is 17.5. The van der Waals surface area contributed by atoms with Gasteiger partial charge in [-0.25, -0.2) is 13.2 Å². The number of nitrogens with zero attached hydrogens (tertiary/aromatic N) is 1. The van der Waals surface area contributed by atoms with Gasteiger partial charge in [-0.05, 0) is 71.2 Å². The lowest BCUT2D eigenvalue weighted by atomic mass is 10.2. The molecule has 1 atom stereocenters. The monoisotopic (exact) mass is 549 g/mol. The van der Waals surface area contributed by atoms with Gasteiger partial charge in [-0.1, -0.05) is 25.4 Å². The summed E-state index contributed by atoms with van der Waals surface area (Å²) in [5.41, 5.74) is 0.820. The van der Waals surface area contributed by atoms with Crippen molar-refractivity contribution in [2.24, 2.45) is 0 Å². The summed E-state index contributed by atoms with van der Waals surface area (Å²) in [6.07, 6.45) is 0.690. The van der Waals surface area contributed by atoms with E-state index in [1.807, 2.05) is 32.9 Å². The molecule has 2 rings (SSSR count). The second-order valence-corrected chi connectivity index (χ2v) is 11.7. The first-order valence-electron chi connectivity index (χ1n) is 9.61. The molecule has 0 fully saturated rings. The van der Waals surface area contributed by atoms with Crippen LogP contribution in [0.1, 0.15) is 25.8 Å². The van der Waals surface area contributed by atoms with Gasteiger partial charge in [0.25, 0.3) is 0 Å². The Labute approximate surface area is 201 Å². The highest BCUT2D eigenvalue weighted by atomic mass is 79.9. The smallest absolute Gasteiger partial charge is 0.341 e. The van der Waals surface area contributed by atoms with Gasteiger partial charge in [0.15, 0.2) is 6.61 Å². The van der Waals surface area contributed by atoms with Crippen LogP contribution in [0.4, 0.5) is 0 Å². The second-order valence-electron chi connectivity index (χ2n) is 6.98. The van der Waals surface area contributed by atoms with Crippen molar-refractivity contribution in [3.63, 3.8) is 0 Å². The molecule has 0 amide bonds. The highest BCUT2D eigenvalue weighted by Crippen LogP contribution is 2.31. The average Bonchev–Trinajstić information content (AvgIpc) is 2.68. The van der Waals surface area contributed by atoms with Crippen LogP contribution in [0.25, 0.3) is 0 Å². The molecule has 0 radical (unpaired) electrons. The van der Waals surface area contributed by atoms with E-state index < -0.39 is 22.6 Å². The molecule has 0 saturated heterocycles. The van der Waals surface area contributed by atoms with Gasteiger partial charge in [0.2, 0.25) is 10.0 Å². The third-order valence-electron chi connectivity index (χ3n) is 4.30. The van der Waals surface area contributed by atoms with Gasteiger partial charge < -0.3 is 9.84 Å². The number of carbonyl (C=O) groups is 1. The van der Waals surface area contributed by atoms with E-state index in [4.69, 9.17) is 21.4 Å². The number of halogens is 2. The molecule has 6 nitrogen and oxygen atoms in total. The van der Waals surface area contributed by atoms with Gasteiger partial charge in [-0.3, -0.25) is 0 Å². The molecule has 31 heavy (non-hydrogen) atoms. The van der Waals surface area contributed by atoms with Gasteiger partial charge in [0.1, 0.15) is 5.75 Å². The fraction of sp³-hybridized carbons (Fsp3) is 0.381. The zero-order valence-corrected chi connectivity index (χ0v) is 21.4. The minimum atomic E-state index is -3.68. The van der Waals surface area contributed by atoms with Crippen LogP contribution in [0.5, 0.6) is 5.75 Å². The number of thioether (sulfide) groups is 1. The van der Waals surface area contributed by atoms with Crippen LogP contribution in [-0.2, 0) is 14.8 Å². The quantitative estimate of drug-likeness (QED) is 0.374. The van der Waals surface area contributed by atoms with Crippen LogP contribution in [0, 0.1) is 6.92 Å². The zero-order chi connectivity index (χ0) is 23.2. The Morgan fingerprint density at radius 2 is 2.00 bits per heavy atom. The maximum Gasteiger partial charge on any atom is 0.341 e. The van der Waals surface area contributed by atoms with E-state index in [0.717, 1.165) is 10.5 Å². The summed E-state index contributed by atoms with van der Waals surface area (Å²) in [4.78, 5) is 11.8. The molecule has 0 aliphatic rings. The number of aliphatic carboxylic acids is 1. The standard InChI is InChI=1S/C21H25BrClNO5S2/c1-4-9-24(31(27,28)17-6-7-18(22)19(23)11-17)12-15(3)30-16-5-8-20(14(2)10-16)29-13-21(25)26/h5-8,10-11,15H,4,9,12-13H2,1-3H3,(H,25,26)/t15-/m1/s1. The molecule has 0 spiro atoms. The van der Waals surface area contributed by atoms with Crippen LogP contribution in [0.2, 0.25) is 5.02 Å². The second kappa shape index (κ2) is 11.6. The van der Waals surface area contributed by atoms with E-state index in [-0.39, 0.29) is 10.1 Å². The van der Waals surface area contributed by atoms with Crippen molar-refractivity contribution in [2.75, 3.05) is 19.7 Å². The SMILES string of the molecule is CCCN(C[C@@H](C)Sc1ccc(OCC(=O)O)c(C)c1)S(=O)(=O)c1ccc(Br)c(Cl)c1. The Hall–Kier alpha value is -1.26. The number of carboxylic acid groups (broad SMARTS) is 1. The molecule has 0 aliphatic heterocycles. The summed E-state index contributed by atoms with van der Waals surface area (Å²) in [5.74, 6) is -0.516. The van der Waals surface area contributed by atoms with Crippen LogP contribution < -0.4 is 4.74 Å². The first-order valence-corrected chi connectivity index (χ1v) is 13.1. The number of hydrogen-bond donors (Lipinski definition) is 1. The first kappa shape index (κ1) is 26.0. The van der Waals surface area contributed by atoms with Gasteiger partial charge in [0.05, 0.1) is 9.92 Å². The highest BCUT2D eigenvalue weighted by molar-refractivity contribution is 9.10. The largest absolute Gasteiger partial charge is 0.482 e. The van der Waals surface area contributed by atoms with Gasteiger partial charge in [-0.15, -0.1) is 11.8 Å². The molecule has 1 N–H and O–H groups in total. The predicted octanol–water partition coefficient (Wildman–Crippen LogP) is 5.46. The fourth-order valence-corrected chi connectivity index (χ4v) is 6.24. The van der Waals surface area contributed by atoms with Crippen LogP contribution >= 0.6 is 39.3 Å². The van der Waals surface area contributed by atoms with Crippen molar-refractivity contribution >= 4 is 55.3 Å². The van der Waals surface area contributed by atoms with Crippen molar-refractivity contribution in [3.05, 3.63) is 51.5 Å². The number of hydrogen-bond acceptors (Lipinski definition) is 5. The minimum absolute atomic E-state index is 0.0163. The maximum atomic E-state index is 13.2. The predicted molar refractivity (Wildman–Crippen MR) is 128 cm³/mol. The molecule has 0 unspecified atom stereocenters. The summed E-state index contributed by atoms with van der Waals surface area (Å²) >= 11 is 10.9. The van der Waals surface area contributed by atoms with Crippen molar-refractivity contribution in [2.45, 2.75) is 42.2 Å². The van der Waals surface area contributed by atoms with Crippen molar-refractivity contribution in [1.82, 2.24) is 4.31 Å². The molecule has 170 valence electrons. The molecular weight excluding hydrogens is 526 g/mol.